The number of nitriles is 1. The number of thiocarbonyl (C=S) groups is 1. The largest absolute Gasteiger partial charge is 0.469 e. The average molecular weight is 337 g/mol. The summed E-state index contributed by atoms with van der Waals surface area (Å²) in [6, 6.07) is 14.8. The van der Waals surface area contributed by atoms with Crippen LogP contribution in [0.4, 0.5) is 5.69 Å². The molecule has 0 radical (unpaired) electrons. The van der Waals surface area contributed by atoms with Gasteiger partial charge in [0.2, 0.25) is 0 Å². The number of furan rings is 1. The van der Waals surface area contributed by atoms with E-state index < -0.39 is 11.8 Å². The fourth-order valence-electron chi connectivity index (χ4n) is 2.82. The third-order valence-electron chi connectivity index (χ3n) is 3.91. The maximum Gasteiger partial charge on any atom is 0.254 e. The van der Waals surface area contributed by atoms with Crippen LogP contribution < -0.4 is 10.6 Å². The van der Waals surface area contributed by atoms with Gasteiger partial charge in [0.1, 0.15) is 11.7 Å². The van der Waals surface area contributed by atoms with Crippen LogP contribution in [0.1, 0.15) is 18.6 Å². The maximum atomic E-state index is 12.8. The van der Waals surface area contributed by atoms with E-state index in [4.69, 9.17) is 16.6 Å². The number of hydrogen-bond donors (Lipinski definition) is 2. The van der Waals surface area contributed by atoms with Crippen LogP contribution in [0.25, 0.3) is 0 Å². The lowest BCUT2D eigenvalue weighted by Gasteiger charge is -2.30. The van der Waals surface area contributed by atoms with Crippen molar-refractivity contribution in [3.63, 3.8) is 0 Å². The molecular weight excluding hydrogens is 322 g/mol. The Balaban J connectivity index is 2.01. The van der Waals surface area contributed by atoms with Gasteiger partial charge < -0.3 is 15.1 Å². The number of carbonyl (C=O) groups is 1. The van der Waals surface area contributed by atoms with E-state index in [1.165, 1.54) is 6.26 Å². The summed E-state index contributed by atoms with van der Waals surface area (Å²) in [5.74, 6) is -0.938. The van der Waals surface area contributed by atoms with Gasteiger partial charge >= 0.3 is 0 Å². The molecule has 1 aliphatic rings. The van der Waals surface area contributed by atoms with E-state index in [-0.39, 0.29) is 5.91 Å². The summed E-state index contributed by atoms with van der Waals surface area (Å²) in [5, 5.41) is 15.4. The maximum absolute atomic E-state index is 12.8. The molecule has 0 bridgehead atoms. The molecular formula is C18H15N3O2S. The summed E-state index contributed by atoms with van der Waals surface area (Å²) >= 11 is 5.28. The Morgan fingerprint density at radius 2 is 2.04 bits per heavy atom. The molecule has 120 valence electrons. The van der Waals surface area contributed by atoms with Crippen molar-refractivity contribution in [2.75, 3.05) is 5.32 Å². The minimum atomic E-state index is -0.661. The molecule has 0 saturated carbocycles. The highest BCUT2D eigenvalue weighted by Crippen LogP contribution is 2.37. The zero-order valence-electron chi connectivity index (χ0n) is 12.9. The van der Waals surface area contributed by atoms with Crippen LogP contribution in [0.15, 0.2) is 64.4 Å². The third kappa shape index (κ3) is 2.94. The lowest BCUT2D eigenvalue weighted by atomic mass is 9.80. The molecule has 2 unspecified atom stereocenters. The van der Waals surface area contributed by atoms with Crippen LogP contribution in [0.5, 0.6) is 0 Å². The van der Waals surface area contributed by atoms with E-state index in [9.17, 15) is 10.1 Å². The Hall–Kier alpha value is -2.91. The fourth-order valence-corrected chi connectivity index (χ4v) is 3.16. The molecule has 6 heteroatoms. The van der Waals surface area contributed by atoms with Crippen LogP contribution in [0.3, 0.4) is 0 Å². The zero-order chi connectivity index (χ0) is 17.1. The number of rotatable bonds is 3. The molecule has 0 aliphatic carbocycles. The highest BCUT2D eigenvalue weighted by molar-refractivity contribution is 7.80. The summed E-state index contributed by atoms with van der Waals surface area (Å²) in [7, 11) is 0. The molecule has 2 aromatic rings. The number of nitrogens with one attached hydrogen (secondary N) is 2. The summed E-state index contributed by atoms with van der Waals surface area (Å²) in [5.41, 5.74) is 1.76. The van der Waals surface area contributed by atoms with Crippen molar-refractivity contribution in [2.45, 2.75) is 12.8 Å². The molecule has 0 saturated heterocycles. The molecule has 1 aromatic carbocycles. The number of nitrogens with zero attached hydrogens (tertiary/aromatic N) is 1. The van der Waals surface area contributed by atoms with E-state index in [1.807, 2.05) is 18.2 Å². The SMILES string of the molecule is CC1=C(C(=O)Nc2ccccc2)C(c2ccco2)C(C#N)C(=S)N1. The summed E-state index contributed by atoms with van der Waals surface area (Å²) < 4.78 is 5.48. The van der Waals surface area contributed by atoms with Crippen molar-refractivity contribution >= 4 is 28.8 Å². The second-order valence-electron chi connectivity index (χ2n) is 5.45. The van der Waals surface area contributed by atoms with E-state index in [0.29, 0.717) is 27.7 Å². The topological polar surface area (TPSA) is 78.1 Å². The van der Waals surface area contributed by atoms with Crippen molar-refractivity contribution < 1.29 is 9.21 Å². The molecule has 2 N–H and O–H groups in total. The summed E-state index contributed by atoms with van der Waals surface area (Å²) in [6.07, 6.45) is 1.52. The van der Waals surface area contributed by atoms with Crippen LogP contribution in [0.2, 0.25) is 0 Å². The van der Waals surface area contributed by atoms with Crippen LogP contribution >= 0.6 is 12.2 Å². The molecule has 0 spiro atoms. The summed E-state index contributed by atoms with van der Waals surface area (Å²) in [6.45, 7) is 1.77. The van der Waals surface area contributed by atoms with Crippen LogP contribution in [0, 0.1) is 17.2 Å². The predicted octanol–water partition coefficient (Wildman–Crippen LogP) is 3.35. The van der Waals surface area contributed by atoms with Gasteiger partial charge in [-0.25, -0.2) is 0 Å². The summed E-state index contributed by atoms with van der Waals surface area (Å²) in [4.78, 5) is 13.2. The van der Waals surface area contributed by atoms with Gasteiger partial charge in [-0.1, -0.05) is 30.4 Å². The second kappa shape index (κ2) is 6.69. The lowest BCUT2D eigenvalue weighted by Crippen LogP contribution is -2.40. The van der Waals surface area contributed by atoms with Crippen molar-refractivity contribution in [1.82, 2.24) is 5.32 Å². The van der Waals surface area contributed by atoms with Crippen molar-refractivity contribution in [3.8, 4) is 6.07 Å². The third-order valence-corrected chi connectivity index (χ3v) is 4.26. The van der Waals surface area contributed by atoms with E-state index in [0.717, 1.165) is 0 Å². The van der Waals surface area contributed by atoms with Crippen molar-refractivity contribution in [2.24, 2.45) is 5.92 Å². The second-order valence-corrected chi connectivity index (χ2v) is 5.89. The van der Waals surface area contributed by atoms with Gasteiger partial charge in [-0.15, -0.1) is 0 Å². The minimum absolute atomic E-state index is 0.282. The first kappa shape index (κ1) is 16.0. The standard InChI is InChI=1S/C18H15N3O2S/c1-11-15(17(22)21-12-6-3-2-4-7-12)16(14-8-5-9-23-14)13(10-19)18(24)20-11/h2-9,13,16H,1H3,(H,20,24)(H,21,22). The van der Waals surface area contributed by atoms with Gasteiger partial charge in [0, 0.05) is 17.0 Å². The van der Waals surface area contributed by atoms with E-state index >= 15 is 0 Å². The van der Waals surface area contributed by atoms with Gasteiger partial charge in [-0.3, -0.25) is 4.79 Å². The fraction of sp³-hybridized carbons (Fsp3) is 0.167. The van der Waals surface area contributed by atoms with Crippen LogP contribution in [-0.2, 0) is 4.79 Å². The Labute approximate surface area is 145 Å². The molecule has 0 fully saturated rings. The smallest absolute Gasteiger partial charge is 0.254 e. The quantitative estimate of drug-likeness (QED) is 0.840. The van der Waals surface area contributed by atoms with Gasteiger partial charge in [0.15, 0.2) is 0 Å². The van der Waals surface area contributed by atoms with Gasteiger partial charge in [-0.2, -0.15) is 5.26 Å². The first-order valence-electron chi connectivity index (χ1n) is 7.43. The highest BCUT2D eigenvalue weighted by atomic mass is 32.1. The lowest BCUT2D eigenvalue weighted by molar-refractivity contribution is -0.113. The molecule has 3 rings (SSSR count). The highest BCUT2D eigenvalue weighted by Gasteiger charge is 2.40. The van der Waals surface area contributed by atoms with Crippen LogP contribution in [-0.4, -0.2) is 10.9 Å². The molecule has 1 aliphatic heterocycles. The Kier molecular flexibility index (Phi) is 4.45. The minimum Gasteiger partial charge on any atom is -0.469 e. The molecule has 1 aromatic heterocycles. The van der Waals surface area contributed by atoms with Gasteiger partial charge in [-0.05, 0) is 31.2 Å². The number of hydrogen-bond acceptors (Lipinski definition) is 4. The first-order chi connectivity index (χ1) is 11.6. The number of allylic oxidation sites excluding steroid dienone is 1. The number of carbonyl (C=O) groups excluding carboxylic acids is 1. The first-order valence-corrected chi connectivity index (χ1v) is 7.83. The molecule has 5 nitrogen and oxygen atoms in total. The van der Waals surface area contributed by atoms with E-state index in [1.54, 1.807) is 31.2 Å². The van der Waals surface area contributed by atoms with E-state index in [2.05, 4.69) is 16.7 Å². The molecule has 24 heavy (non-hydrogen) atoms. The Morgan fingerprint density at radius 1 is 1.29 bits per heavy atom. The molecule has 1 amide bonds. The Bertz CT molecular complexity index is 835. The number of benzene rings is 1. The number of amides is 1. The predicted molar refractivity (Wildman–Crippen MR) is 94.1 cm³/mol. The van der Waals surface area contributed by atoms with Crippen molar-refractivity contribution in [3.05, 3.63) is 65.8 Å². The number of anilines is 1. The zero-order valence-corrected chi connectivity index (χ0v) is 13.8. The monoisotopic (exact) mass is 337 g/mol. The Morgan fingerprint density at radius 3 is 2.67 bits per heavy atom. The normalized spacial score (nSPS) is 20.2. The molecule has 2 atom stereocenters. The van der Waals surface area contributed by atoms with Gasteiger partial charge in [0.05, 0.1) is 23.2 Å². The average Bonchev–Trinajstić information content (AvgIpc) is 3.09. The van der Waals surface area contributed by atoms with Gasteiger partial charge in [0.25, 0.3) is 5.91 Å². The molecule has 2 heterocycles. The number of para-hydroxylation sites is 1. The van der Waals surface area contributed by atoms with Crippen molar-refractivity contribution in [1.29, 1.82) is 5.26 Å².